The second-order valence-electron chi connectivity index (χ2n) is 1.63. The standard InChI is InChI=1S/C5H8NO3S/c7-2-4(3-10)6-1-5(8)9/h4,6,10H,1,3H2,(H,8,9)/t4-/m0/s1. The lowest BCUT2D eigenvalue weighted by Crippen LogP contribution is -2.35. The van der Waals surface area contributed by atoms with Crippen molar-refractivity contribution in [1.29, 1.82) is 0 Å². The van der Waals surface area contributed by atoms with Gasteiger partial charge in [0.05, 0.1) is 12.6 Å². The summed E-state index contributed by atoms with van der Waals surface area (Å²) in [7, 11) is 0. The van der Waals surface area contributed by atoms with Crippen molar-refractivity contribution >= 4 is 24.9 Å². The maximum absolute atomic E-state index is 9.92. The van der Waals surface area contributed by atoms with E-state index in [1.165, 1.54) is 0 Å². The van der Waals surface area contributed by atoms with Crippen LogP contribution in [0.3, 0.4) is 0 Å². The fourth-order valence-corrected chi connectivity index (χ4v) is 0.558. The first-order chi connectivity index (χ1) is 4.70. The Labute approximate surface area is 64.0 Å². The molecule has 5 heteroatoms. The number of carbonyl (C=O) groups excluding carboxylic acids is 1. The van der Waals surface area contributed by atoms with Crippen LogP contribution in [-0.2, 0) is 9.59 Å². The van der Waals surface area contributed by atoms with Gasteiger partial charge >= 0.3 is 5.97 Å². The molecule has 1 radical (unpaired) electrons. The molecular formula is C5H8NO3S. The zero-order valence-electron chi connectivity index (χ0n) is 5.20. The molecule has 0 amide bonds. The molecule has 0 aliphatic carbocycles. The van der Waals surface area contributed by atoms with E-state index in [2.05, 4.69) is 17.9 Å². The van der Waals surface area contributed by atoms with Crippen molar-refractivity contribution in [2.24, 2.45) is 0 Å². The van der Waals surface area contributed by atoms with Gasteiger partial charge in [-0.05, 0) is 0 Å². The van der Waals surface area contributed by atoms with Gasteiger partial charge in [-0.15, -0.1) is 0 Å². The first-order valence-electron chi connectivity index (χ1n) is 2.64. The summed E-state index contributed by atoms with van der Waals surface area (Å²) in [5, 5.41) is 10.6. The van der Waals surface area contributed by atoms with Crippen LogP contribution in [0.5, 0.6) is 0 Å². The second kappa shape index (κ2) is 5.25. The lowest BCUT2D eigenvalue weighted by atomic mass is 10.4. The molecule has 0 aliphatic rings. The lowest BCUT2D eigenvalue weighted by molar-refractivity contribution is -0.136. The Balaban J connectivity index is 3.44. The first kappa shape index (κ1) is 9.45. The molecule has 0 aromatic heterocycles. The zero-order valence-corrected chi connectivity index (χ0v) is 6.10. The average Bonchev–Trinajstić information content (AvgIpc) is 1.90. The largest absolute Gasteiger partial charge is 0.480 e. The summed E-state index contributed by atoms with van der Waals surface area (Å²) in [4.78, 5) is 19.8. The van der Waals surface area contributed by atoms with Gasteiger partial charge in [0.25, 0.3) is 0 Å². The van der Waals surface area contributed by atoms with Crippen LogP contribution in [0, 0.1) is 0 Å². The average molecular weight is 162 g/mol. The quantitative estimate of drug-likeness (QED) is 0.457. The Kier molecular flexibility index (Phi) is 4.96. The van der Waals surface area contributed by atoms with E-state index in [0.29, 0.717) is 0 Å². The zero-order chi connectivity index (χ0) is 7.98. The van der Waals surface area contributed by atoms with Crippen LogP contribution in [0.4, 0.5) is 0 Å². The summed E-state index contributed by atoms with van der Waals surface area (Å²) in [6.07, 6.45) is 1.61. The maximum atomic E-state index is 9.92. The molecule has 0 saturated carbocycles. The molecule has 0 heterocycles. The van der Waals surface area contributed by atoms with Gasteiger partial charge in [0.1, 0.15) is 0 Å². The number of aliphatic carboxylic acids is 1. The van der Waals surface area contributed by atoms with Crippen molar-refractivity contribution in [1.82, 2.24) is 5.32 Å². The van der Waals surface area contributed by atoms with E-state index >= 15 is 0 Å². The first-order valence-corrected chi connectivity index (χ1v) is 3.27. The van der Waals surface area contributed by atoms with Crippen molar-refractivity contribution in [2.75, 3.05) is 12.3 Å². The van der Waals surface area contributed by atoms with E-state index in [4.69, 9.17) is 5.11 Å². The highest BCUT2D eigenvalue weighted by molar-refractivity contribution is 7.80. The molecule has 0 aromatic carbocycles. The Morgan fingerprint density at radius 1 is 1.80 bits per heavy atom. The van der Waals surface area contributed by atoms with Crippen LogP contribution in [0.15, 0.2) is 0 Å². The van der Waals surface area contributed by atoms with Crippen molar-refractivity contribution < 1.29 is 14.7 Å². The third kappa shape index (κ3) is 4.34. The Morgan fingerprint density at radius 3 is 2.70 bits per heavy atom. The van der Waals surface area contributed by atoms with Gasteiger partial charge in [0, 0.05) is 5.75 Å². The number of carboxylic acids is 1. The topological polar surface area (TPSA) is 66.4 Å². The van der Waals surface area contributed by atoms with E-state index in [-0.39, 0.29) is 12.3 Å². The third-order valence-corrected chi connectivity index (χ3v) is 1.19. The van der Waals surface area contributed by atoms with E-state index in [1.54, 1.807) is 6.29 Å². The van der Waals surface area contributed by atoms with E-state index in [1.807, 2.05) is 0 Å². The smallest absolute Gasteiger partial charge is 0.317 e. The molecular weight excluding hydrogens is 154 g/mol. The van der Waals surface area contributed by atoms with Crippen LogP contribution >= 0.6 is 12.6 Å². The van der Waals surface area contributed by atoms with Gasteiger partial charge in [0.15, 0.2) is 0 Å². The minimum Gasteiger partial charge on any atom is -0.480 e. The molecule has 0 aliphatic heterocycles. The van der Waals surface area contributed by atoms with Crippen LogP contribution in [0.1, 0.15) is 0 Å². The number of hydrogen-bond donors (Lipinski definition) is 3. The highest BCUT2D eigenvalue weighted by Gasteiger charge is 2.05. The maximum Gasteiger partial charge on any atom is 0.317 e. The number of rotatable bonds is 5. The van der Waals surface area contributed by atoms with Gasteiger partial charge in [-0.2, -0.15) is 12.6 Å². The van der Waals surface area contributed by atoms with Gasteiger partial charge < -0.3 is 5.11 Å². The monoisotopic (exact) mass is 162 g/mol. The molecule has 0 fully saturated rings. The molecule has 0 rings (SSSR count). The molecule has 2 N–H and O–H groups in total. The Bertz CT molecular complexity index is 128. The fourth-order valence-electron chi connectivity index (χ4n) is 0.354. The Hall–Kier alpha value is -0.550. The van der Waals surface area contributed by atoms with Crippen LogP contribution in [0.25, 0.3) is 0 Å². The summed E-state index contributed by atoms with van der Waals surface area (Å²) < 4.78 is 0. The molecule has 0 bridgehead atoms. The fraction of sp³-hybridized carbons (Fsp3) is 0.600. The predicted molar refractivity (Wildman–Crippen MR) is 39.0 cm³/mol. The number of hydrogen-bond acceptors (Lipinski definition) is 4. The van der Waals surface area contributed by atoms with Gasteiger partial charge in [-0.1, -0.05) is 0 Å². The van der Waals surface area contributed by atoms with Gasteiger partial charge in [-0.3, -0.25) is 14.9 Å². The van der Waals surface area contributed by atoms with Crippen LogP contribution in [-0.4, -0.2) is 35.7 Å². The summed E-state index contributed by atoms with van der Waals surface area (Å²) in [5.41, 5.74) is 0. The molecule has 0 unspecified atom stereocenters. The normalized spacial score (nSPS) is 12.5. The molecule has 4 nitrogen and oxygen atoms in total. The van der Waals surface area contributed by atoms with E-state index in [9.17, 15) is 9.59 Å². The summed E-state index contributed by atoms with van der Waals surface area (Å²) in [5.74, 6) is -0.737. The van der Waals surface area contributed by atoms with Crippen LogP contribution < -0.4 is 5.32 Å². The third-order valence-electron chi connectivity index (χ3n) is 0.825. The SMILES string of the molecule is O=[C][C@@H](CS)NCC(=O)O. The predicted octanol–water partition coefficient (Wildman–Crippen LogP) is -0.931. The number of thiol groups is 1. The summed E-state index contributed by atoms with van der Waals surface area (Å²) in [6, 6.07) is -0.584. The molecule has 0 spiro atoms. The lowest BCUT2D eigenvalue weighted by Gasteiger charge is -2.04. The van der Waals surface area contributed by atoms with Gasteiger partial charge in [0.2, 0.25) is 6.29 Å². The number of nitrogens with one attached hydrogen (secondary N) is 1. The minimum absolute atomic E-state index is 0.236. The summed E-state index contributed by atoms with van der Waals surface area (Å²) in [6.45, 7) is -0.236. The van der Waals surface area contributed by atoms with Crippen molar-refractivity contribution in [3.63, 3.8) is 0 Å². The molecule has 57 valence electrons. The molecule has 1 atom stereocenters. The number of carbonyl (C=O) groups is 1. The van der Waals surface area contributed by atoms with E-state index < -0.39 is 12.0 Å². The minimum atomic E-state index is -0.998. The highest BCUT2D eigenvalue weighted by Crippen LogP contribution is 1.81. The van der Waals surface area contributed by atoms with Crippen LogP contribution in [0.2, 0.25) is 0 Å². The molecule has 0 aromatic rings. The number of carboxylic acid groups (broad SMARTS) is 1. The second-order valence-corrected chi connectivity index (χ2v) is 1.99. The highest BCUT2D eigenvalue weighted by atomic mass is 32.1. The molecule has 10 heavy (non-hydrogen) atoms. The van der Waals surface area contributed by atoms with Gasteiger partial charge in [-0.25, -0.2) is 0 Å². The van der Waals surface area contributed by atoms with Crippen molar-refractivity contribution in [3.05, 3.63) is 0 Å². The van der Waals surface area contributed by atoms with Crippen molar-refractivity contribution in [3.8, 4) is 0 Å². The Morgan fingerprint density at radius 2 is 2.40 bits per heavy atom. The summed E-state index contributed by atoms with van der Waals surface area (Å²) >= 11 is 3.78. The van der Waals surface area contributed by atoms with E-state index in [0.717, 1.165) is 0 Å². The molecule has 0 saturated heterocycles. The van der Waals surface area contributed by atoms with Crippen molar-refractivity contribution in [2.45, 2.75) is 6.04 Å².